The van der Waals surface area contributed by atoms with Gasteiger partial charge >= 0.3 is 6.03 Å². The van der Waals surface area contributed by atoms with E-state index in [2.05, 4.69) is 4.99 Å². The Morgan fingerprint density at radius 2 is 1.93 bits per heavy atom. The number of imide groups is 1. The van der Waals surface area contributed by atoms with Crippen LogP contribution in [0.2, 0.25) is 0 Å². The Hall–Kier alpha value is -1.27. The summed E-state index contributed by atoms with van der Waals surface area (Å²) in [5.41, 5.74) is 0.322. The third kappa shape index (κ3) is 1.78. The Labute approximate surface area is 85.8 Å². The van der Waals surface area contributed by atoms with Crippen LogP contribution < -0.4 is 0 Å². The van der Waals surface area contributed by atoms with E-state index in [-0.39, 0.29) is 18.1 Å². The largest absolute Gasteiger partial charge is 0.373 e. The molecule has 2 fully saturated rings. The maximum Gasteiger partial charge on any atom is 0.351 e. The second-order valence-corrected chi connectivity index (χ2v) is 3.87. The zero-order valence-corrected chi connectivity index (χ0v) is 8.01. The van der Waals surface area contributed by atoms with E-state index in [0.717, 1.165) is 4.90 Å². The molecule has 0 bridgehead atoms. The third-order valence-electron chi connectivity index (χ3n) is 2.57. The van der Waals surface area contributed by atoms with Crippen LogP contribution in [0, 0.1) is 0 Å². The first-order chi connectivity index (χ1) is 7.24. The molecule has 3 rings (SSSR count). The van der Waals surface area contributed by atoms with Gasteiger partial charge in [0, 0.05) is 6.42 Å². The number of carbonyl (C=O) groups excluding carboxylic acids is 2. The summed E-state index contributed by atoms with van der Waals surface area (Å²) in [6.45, 7) is 1.61. The minimum atomic E-state index is -0.467. The molecule has 0 aliphatic carbocycles. The van der Waals surface area contributed by atoms with Gasteiger partial charge in [-0.15, -0.1) is 0 Å². The van der Waals surface area contributed by atoms with Crippen LogP contribution in [0.1, 0.15) is 6.42 Å². The van der Waals surface area contributed by atoms with E-state index in [1.54, 1.807) is 0 Å². The highest BCUT2D eigenvalue weighted by Crippen LogP contribution is 2.20. The van der Waals surface area contributed by atoms with Crippen molar-refractivity contribution in [1.29, 1.82) is 0 Å². The molecule has 15 heavy (non-hydrogen) atoms. The lowest BCUT2D eigenvalue weighted by molar-refractivity contribution is -0.120. The van der Waals surface area contributed by atoms with Gasteiger partial charge in [-0.3, -0.25) is 9.69 Å². The van der Waals surface area contributed by atoms with Gasteiger partial charge in [0.25, 0.3) is 5.91 Å². The van der Waals surface area contributed by atoms with Gasteiger partial charge in [0.05, 0.1) is 32.0 Å². The standard InChI is InChI=1S/C9H10N2O4/c12-8-7(1-5-3-14-5)10-9(13)11(8)2-6-4-15-6/h5-6H,1-4H2. The third-order valence-corrected chi connectivity index (χ3v) is 2.57. The number of rotatable bonds is 4. The van der Waals surface area contributed by atoms with Gasteiger partial charge in [-0.25, -0.2) is 4.79 Å². The predicted molar refractivity (Wildman–Crippen MR) is 48.6 cm³/mol. The summed E-state index contributed by atoms with van der Waals surface area (Å²) in [5, 5.41) is 0. The van der Waals surface area contributed by atoms with E-state index in [9.17, 15) is 9.59 Å². The number of urea groups is 1. The molecule has 2 unspecified atom stereocenters. The molecular formula is C9H10N2O4. The Kier molecular flexibility index (Phi) is 1.86. The SMILES string of the molecule is O=C1N=C(CC2CO2)C(=O)N1CC1CO1. The number of hydrogen-bond acceptors (Lipinski definition) is 4. The average Bonchev–Trinajstić information content (AvgIpc) is 3.06. The minimum absolute atomic E-state index is 0.0182. The van der Waals surface area contributed by atoms with E-state index >= 15 is 0 Å². The average molecular weight is 210 g/mol. The highest BCUT2D eigenvalue weighted by Gasteiger charge is 2.40. The molecule has 0 N–H and O–H groups in total. The van der Waals surface area contributed by atoms with Crippen molar-refractivity contribution in [2.24, 2.45) is 4.99 Å². The molecular weight excluding hydrogens is 200 g/mol. The van der Waals surface area contributed by atoms with Crippen LogP contribution in [0.25, 0.3) is 0 Å². The summed E-state index contributed by atoms with van der Waals surface area (Å²) in [6.07, 6.45) is 0.550. The molecule has 6 nitrogen and oxygen atoms in total. The molecule has 3 aliphatic heterocycles. The first kappa shape index (κ1) is 8.99. The van der Waals surface area contributed by atoms with Crippen LogP contribution >= 0.6 is 0 Å². The smallest absolute Gasteiger partial charge is 0.351 e. The quantitative estimate of drug-likeness (QED) is 0.590. The monoisotopic (exact) mass is 210 g/mol. The lowest BCUT2D eigenvalue weighted by Crippen LogP contribution is -2.36. The zero-order chi connectivity index (χ0) is 10.4. The van der Waals surface area contributed by atoms with Crippen LogP contribution in [0.5, 0.6) is 0 Å². The first-order valence-corrected chi connectivity index (χ1v) is 4.90. The molecule has 3 aliphatic rings. The lowest BCUT2D eigenvalue weighted by Gasteiger charge is -2.10. The van der Waals surface area contributed by atoms with Crippen LogP contribution in [-0.4, -0.2) is 54.5 Å². The highest BCUT2D eigenvalue weighted by molar-refractivity contribution is 6.46. The molecule has 2 saturated heterocycles. The molecule has 2 atom stereocenters. The van der Waals surface area contributed by atoms with Crippen LogP contribution in [0.3, 0.4) is 0 Å². The number of hydrogen-bond donors (Lipinski definition) is 0. The van der Waals surface area contributed by atoms with Gasteiger partial charge in [-0.2, -0.15) is 4.99 Å². The summed E-state index contributed by atoms with van der Waals surface area (Å²) in [7, 11) is 0. The fourth-order valence-corrected chi connectivity index (χ4v) is 1.54. The zero-order valence-electron chi connectivity index (χ0n) is 8.01. The van der Waals surface area contributed by atoms with Crippen molar-refractivity contribution in [3.8, 4) is 0 Å². The fraction of sp³-hybridized carbons (Fsp3) is 0.667. The molecule has 0 saturated carbocycles. The number of nitrogens with zero attached hydrogens (tertiary/aromatic N) is 2. The van der Waals surface area contributed by atoms with Crippen molar-refractivity contribution in [2.45, 2.75) is 18.6 Å². The molecule has 0 aromatic rings. The Morgan fingerprint density at radius 3 is 2.53 bits per heavy atom. The predicted octanol–water partition coefficient (Wildman–Crippen LogP) is -0.423. The Balaban J connectivity index is 1.67. The maximum absolute atomic E-state index is 11.7. The Morgan fingerprint density at radius 1 is 1.27 bits per heavy atom. The van der Waals surface area contributed by atoms with Gasteiger partial charge in [0.15, 0.2) is 0 Å². The van der Waals surface area contributed by atoms with Crippen LogP contribution in [-0.2, 0) is 14.3 Å². The Bertz CT molecular complexity index is 357. The summed E-state index contributed by atoms with van der Waals surface area (Å²) in [6, 6.07) is -0.467. The minimum Gasteiger partial charge on any atom is -0.373 e. The number of amides is 3. The highest BCUT2D eigenvalue weighted by atomic mass is 16.6. The van der Waals surface area contributed by atoms with Gasteiger partial charge < -0.3 is 9.47 Å². The first-order valence-electron chi connectivity index (χ1n) is 4.90. The van der Waals surface area contributed by atoms with Crippen molar-refractivity contribution in [1.82, 2.24) is 4.90 Å². The van der Waals surface area contributed by atoms with Crippen molar-refractivity contribution in [3.63, 3.8) is 0 Å². The van der Waals surface area contributed by atoms with Crippen LogP contribution in [0.15, 0.2) is 4.99 Å². The summed E-state index contributed by atoms with van der Waals surface area (Å²) < 4.78 is 9.97. The molecule has 0 aromatic carbocycles. The molecule has 0 aromatic heterocycles. The van der Waals surface area contributed by atoms with Crippen molar-refractivity contribution < 1.29 is 19.1 Å². The number of epoxide rings is 2. The molecule has 80 valence electrons. The van der Waals surface area contributed by atoms with E-state index in [1.807, 2.05) is 0 Å². The maximum atomic E-state index is 11.7. The number of carbonyl (C=O) groups is 2. The number of ether oxygens (including phenoxy) is 2. The lowest BCUT2D eigenvalue weighted by atomic mass is 10.2. The second kappa shape index (κ2) is 3.11. The second-order valence-electron chi connectivity index (χ2n) is 3.87. The van der Waals surface area contributed by atoms with E-state index in [1.165, 1.54) is 0 Å². The summed E-state index contributed by atoms with van der Waals surface area (Å²) in [5.74, 6) is -0.286. The molecule has 0 spiro atoms. The summed E-state index contributed by atoms with van der Waals surface area (Å²) >= 11 is 0. The van der Waals surface area contributed by atoms with Gasteiger partial charge in [0.1, 0.15) is 5.71 Å². The number of aliphatic imine (C=N–C) groups is 1. The van der Waals surface area contributed by atoms with E-state index < -0.39 is 6.03 Å². The topological polar surface area (TPSA) is 74.8 Å². The van der Waals surface area contributed by atoms with Crippen LogP contribution in [0.4, 0.5) is 4.79 Å². The van der Waals surface area contributed by atoms with Crippen molar-refractivity contribution in [2.75, 3.05) is 19.8 Å². The summed E-state index contributed by atoms with van der Waals surface area (Å²) in [4.78, 5) is 28.0. The molecule has 3 heterocycles. The van der Waals surface area contributed by atoms with Gasteiger partial charge in [-0.05, 0) is 0 Å². The van der Waals surface area contributed by atoms with E-state index in [0.29, 0.717) is 31.9 Å². The molecule has 3 amide bonds. The molecule has 6 heteroatoms. The molecule has 0 radical (unpaired) electrons. The van der Waals surface area contributed by atoms with E-state index in [4.69, 9.17) is 9.47 Å². The van der Waals surface area contributed by atoms with Gasteiger partial charge in [-0.1, -0.05) is 0 Å². The van der Waals surface area contributed by atoms with Crippen molar-refractivity contribution in [3.05, 3.63) is 0 Å². The van der Waals surface area contributed by atoms with Gasteiger partial charge in [0.2, 0.25) is 0 Å². The normalized spacial score (nSPS) is 33.3. The fourth-order valence-electron chi connectivity index (χ4n) is 1.54. The van der Waals surface area contributed by atoms with Crippen molar-refractivity contribution >= 4 is 17.6 Å².